The van der Waals surface area contributed by atoms with Crippen molar-refractivity contribution in [3.05, 3.63) is 53.4 Å². The number of halogens is 1. The lowest BCUT2D eigenvalue weighted by atomic mass is 10.1. The van der Waals surface area contributed by atoms with Crippen LogP contribution in [0.4, 0.5) is 10.2 Å². The Labute approximate surface area is 150 Å². The van der Waals surface area contributed by atoms with Crippen LogP contribution in [0.5, 0.6) is 0 Å². The van der Waals surface area contributed by atoms with Crippen LogP contribution in [-0.4, -0.2) is 39.4 Å². The zero-order valence-electron chi connectivity index (χ0n) is 14.7. The second-order valence-electron chi connectivity index (χ2n) is 6.55. The molecule has 1 fully saturated rings. The van der Waals surface area contributed by atoms with E-state index in [0.717, 1.165) is 29.9 Å². The molecule has 3 heterocycles. The fraction of sp³-hybridized carbons (Fsp3) is 0.316. The second kappa shape index (κ2) is 6.40. The van der Waals surface area contributed by atoms with Gasteiger partial charge < -0.3 is 15.2 Å². The standard InChI is InChI=1S/C19H20FN5O/c1-11-22-15(10-18(21-2)23-11)17-4-3-7-25(17)19(26)16-9-12-8-13(20)5-6-14(12)24-16/h5-6,8-10,17,24H,3-4,7H2,1-2H3,(H,21,22,23)/t17-/m0/s1. The fourth-order valence-corrected chi connectivity index (χ4v) is 3.58. The number of carbonyl (C=O) groups excluding carboxylic acids is 1. The highest BCUT2D eigenvalue weighted by Gasteiger charge is 2.32. The molecule has 1 amide bonds. The number of carbonyl (C=O) groups is 1. The summed E-state index contributed by atoms with van der Waals surface area (Å²) in [5, 5.41) is 3.73. The van der Waals surface area contributed by atoms with E-state index in [-0.39, 0.29) is 17.8 Å². The average molecular weight is 353 g/mol. The predicted molar refractivity (Wildman–Crippen MR) is 97.6 cm³/mol. The van der Waals surface area contributed by atoms with Crippen LogP contribution < -0.4 is 5.32 Å². The smallest absolute Gasteiger partial charge is 0.270 e. The molecule has 1 aliphatic heterocycles. The van der Waals surface area contributed by atoms with Gasteiger partial charge in [0.1, 0.15) is 23.2 Å². The van der Waals surface area contributed by atoms with Crippen molar-refractivity contribution in [1.82, 2.24) is 19.9 Å². The van der Waals surface area contributed by atoms with Gasteiger partial charge in [-0.2, -0.15) is 0 Å². The monoisotopic (exact) mass is 353 g/mol. The van der Waals surface area contributed by atoms with Crippen LogP contribution >= 0.6 is 0 Å². The molecule has 1 aromatic carbocycles. The molecule has 0 bridgehead atoms. The predicted octanol–water partition coefficient (Wildman–Crippen LogP) is 3.42. The van der Waals surface area contributed by atoms with Gasteiger partial charge in [-0.3, -0.25) is 4.79 Å². The quantitative estimate of drug-likeness (QED) is 0.757. The minimum Gasteiger partial charge on any atom is -0.373 e. The Morgan fingerprint density at radius 1 is 1.31 bits per heavy atom. The summed E-state index contributed by atoms with van der Waals surface area (Å²) in [5.74, 6) is 1.01. The van der Waals surface area contributed by atoms with Gasteiger partial charge >= 0.3 is 0 Å². The molecule has 7 heteroatoms. The number of H-pyrrole nitrogens is 1. The summed E-state index contributed by atoms with van der Waals surface area (Å²) in [6.45, 7) is 2.52. The van der Waals surface area contributed by atoms with E-state index in [0.29, 0.717) is 23.4 Å². The van der Waals surface area contributed by atoms with Crippen LogP contribution in [0, 0.1) is 12.7 Å². The molecule has 1 aliphatic rings. The number of rotatable bonds is 3. The van der Waals surface area contributed by atoms with E-state index in [1.807, 2.05) is 24.9 Å². The summed E-state index contributed by atoms with van der Waals surface area (Å²) >= 11 is 0. The molecule has 0 spiro atoms. The van der Waals surface area contributed by atoms with E-state index in [1.165, 1.54) is 12.1 Å². The lowest BCUT2D eigenvalue weighted by Gasteiger charge is -2.24. The van der Waals surface area contributed by atoms with Crippen molar-refractivity contribution in [2.24, 2.45) is 0 Å². The van der Waals surface area contributed by atoms with Gasteiger partial charge in [0, 0.05) is 30.6 Å². The highest BCUT2D eigenvalue weighted by atomic mass is 19.1. The van der Waals surface area contributed by atoms with Gasteiger partial charge in [-0.05, 0) is 44.0 Å². The number of aryl methyl sites for hydroxylation is 1. The first kappa shape index (κ1) is 16.5. The first-order valence-electron chi connectivity index (χ1n) is 8.68. The van der Waals surface area contributed by atoms with E-state index in [9.17, 15) is 9.18 Å². The van der Waals surface area contributed by atoms with Crippen molar-refractivity contribution in [3.8, 4) is 0 Å². The fourth-order valence-electron chi connectivity index (χ4n) is 3.58. The molecule has 134 valence electrons. The number of anilines is 1. The Hall–Kier alpha value is -2.96. The van der Waals surface area contributed by atoms with Crippen molar-refractivity contribution < 1.29 is 9.18 Å². The van der Waals surface area contributed by atoms with Crippen LogP contribution in [0.1, 0.15) is 40.9 Å². The van der Waals surface area contributed by atoms with Gasteiger partial charge in [0.05, 0.1) is 11.7 Å². The van der Waals surface area contributed by atoms with Gasteiger partial charge in [0.15, 0.2) is 0 Å². The third-order valence-electron chi connectivity index (χ3n) is 4.78. The minimum absolute atomic E-state index is 0.0838. The molecule has 6 nitrogen and oxygen atoms in total. The van der Waals surface area contributed by atoms with Crippen molar-refractivity contribution in [1.29, 1.82) is 0 Å². The molecule has 0 saturated carbocycles. The van der Waals surface area contributed by atoms with Gasteiger partial charge in [-0.1, -0.05) is 0 Å². The summed E-state index contributed by atoms with van der Waals surface area (Å²) in [5.41, 5.74) is 2.06. The van der Waals surface area contributed by atoms with Crippen LogP contribution in [0.2, 0.25) is 0 Å². The number of likely N-dealkylation sites (tertiary alicyclic amines) is 1. The van der Waals surface area contributed by atoms with Gasteiger partial charge in [-0.25, -0.2) is 14.4 Å². The normalized spacial score (nSPS) is 17.0. The molecule has 4 rings (SSSR count). The van der Waals surface area contributed by atoms with Gasteiger partial charge in [-0.15, -0.1) is 0 Å². The summed E-state index contributed by atoms with van der Waals surface area (Å²) in [6.07, 6.45) is 1.78. The molecular formula is C19H20FN5O. The number of amides is 1. The Kier molecular flexibility index (Phi) is 4.06. The van der Waals surface area contributed by atoms with E-state index >= 15 is 0 Å². The number of fused-ring (bicyclic) bond motifs is 1. The van der Waals surface area contributed by atoms with E-state index in [1.54, 1.807) is 12.1 Å². The molecular weight excluding hydrogens is 333 g/mol. The average Bonchev–Trinajstić information content (AvgIpc) is 3.27. The van der Waals surface area contributed by atoms with Crippen LogP contribution in [0.15, 0.2) is 30.3 Å². The first-order chi connectivity index (χ1) is 12.5. The third kappa shape index (κ3) is 2.89. The Bertz CT molecular complexity index is 983. The molecule has 2 N–H and O–H groups in total. The summed E-state index contributed by atoms with van der Waals surface area (Å²) < 4.78 is 13.4. The molecule has 1 saturated heterocycles. The van der Waals surface area contributed by atoms with Crippen molar-refractivity contribution in [2.75, 3.05) is 18.9 Å². The SMILES string of the molecule is CNc1cc([C@@H]2CCCN2C(=O)c2cc3cc(F)ccc3[nH]2)nc(C)n1. The summed E-state index contributed by atoms with van der Waals surface area (Å²) in [7, 11) is 1.81. The Balaban J connectivity index is 1.67. The molecule has 26 heavy (non-hydrogen) atoms. The highest BCUT2D eigenvalue weighted by molar-refractivity contribution is 5.98. The Morgan fingerprint density at radius 2 is 2.15 bits per heavy atom. The minimum atomic E-state index is -0.314. The molecule has 2 aromatic heterocycles. The maximum absolute atomic E-state index is 13.4. The highest BCUT2D eigenvalue weighted by Crippen LogP contribution is 2.33. The van der Waals surface area contributed by atoms with Crippen molar-refractivity contribution in [3.63, 3.8) is 0 Å². The van der Waals surface area contributed by atoms with E-state index < -0.39 is 0 Å². The number of aromatic amines is 1. The molecule has 0 radical (unpaired) electrons. The van der Waals surface area contributed by atoms with E-state index in [4.69, 9.17) is 0 Å². The number of hydrogen-bond donors (Lipinski definition) is 2. The van der Waals surface area contributed by atoms with Crippen molar-refractivity contribution in [2.45, 2.75) is 25.8 Å². The van der Waals surface area contributed by atoms with Crippen LogP contribution in [-0.2, 0) is 0 Å². The molecule has 3 aromatic rings. The van der Waals surface area contributed by atoms with Gasteiger partial charge in [0.2, 0.25) is 0 Å². The maximum Gasteiger partial charge on any atom is 0.270 e. The lowest BCUT2D eigenvalue weighted by Crippen LogP contribution is -2.31. The largest absolute Gasteiger partial charge is 0.373 e. The first-order valence-corrected chi connectivity index (χ1v) is 8.68. The zero-order chi connectivity index (χ0) is 18.3. The van der Waals surface area contributed by atoms with Crippen LogP contribution in [0.25, 0.3) is 10.9 Å². The topological polar surface area (TPSA) is 73.9 Å². The van der Waals surface area contributed by atoms with Crippen LogP contribution in [0.3, 0.4) is 0 Å². The zero-order valence-corrected chi connectivity index (χ0v) is 14.7. The number of nitrogens with zero attached hydrogens (tertiary/aromatic N) is 3. The summed E-state index contributed by atoms with van der Waals surface area (Å²) in [4.78, 5) is 26.9. The molecule has 0 unspecified atom stereocenters. The number of benzene rings is 1. The third-order valence-corrected chi connectivity index (χ3v) is 4.78. The summed E-state index contributed by atoms with van der Waals surface area (Å²) in [6, 6.07) is 7.98. The molecule has 0 aliphatic carbocycles. The van der Waals surface area contributed by atoms with Gasteiger partial charge in [0.25, 0.3) is 5.91 Å². The second-order valence-corrected chi connectivity index (χ2v) is 6.55. The maximum atomic E-state index is 13.4. The number of aromatic nitrogens is 3. The lowest BCUT2D eigenvalue weighted by molar-refractivity contribution is 0.0727. The van der Waals surface area contributed by atoms with Crippen molar-refractivity contribution >= 4 is 22.6 Å². The number of hydrogen-bond acceptors (Lipinski definition) is 4. The number of nitrogens with one attached hydrogen (secondary N) is 2. The molecule has 1 atom stereocenters. The van der Waals surface area contributed by atoms with E-state index in [2.05, 4.69) is 20.3 Å². The Morgan fingerprint density at radius 3 is 2.96 bits per heavy atom.